The van der Waals surface area contributed by atoms with Crippen LogP contribution in [0.15, 0.2) is 18.2 Å². The summed E-state index contributed by atoms with van der Waals surface area (Å²) in [6, 6.07) is 5.61. The van der Waals surface area contributed by atoms with Crippen LogP contribution >= 0.6 is 0 Å². The Morgan fingerprint density at radius 2 is 2.22 bits per heavy atom. The van der Waals surface area contributed by atoms with E-state index in [9.17, 15) is 9.59 Å². The van der Waals surface area contributed by atoms with E-state index in [4.69, 9.17) is 4.74 Å². The highest BCUT2D eigenvalue weighted by Gasteiger charge is 2.27. The molecule has 0 radical (unpaired) electrons. The molecule has 96 valence electrons. The fraction of sp³-hybridized carbons (Fsp3) is 0.467. The highest BCUT2D eigenvalue weighted by molar-refractivity contribution is 6.00. The number of Topliss-reactive ketones (excluding diaryl/α,β-unsaturated/α-hetero) is 2. The molecule has 3 nitrogen and oxygen atoms in total. The van der Waals surface area contributed by atoms with E-state index in [-0.39, 0.29) is 17.5 Å². The Labute approximate surface area is 107 Å². The SMILES string of the molecule is COc1ccc2c(c1)CC[C@@H](CCC(C)=O)C2=O. The molecular weight excluding hydrogens is 228 g/mol. The molecule has 0 saturated heterocycles. The number of ether oxygens (including phenoxy) is 1. The highest BCUT2D eigenvalue weighted by Crippen LogP contribution is 2.30. The standard InChI is InChI=1S/C15H18O3/c1-10(16)3-4-11-5-6-12-9-13(18-2)7-8-14(12)15(11)17/h7-9,11H,3-6H2,1-2H3/t11-/m1/s1. The monoisotopic (exact) mass is 246 g/mol. The Kier molecular flexibility index (Phi) is 3.80. The van der Waals surface area contributed by atoms with Gasteiger partial charge in [-0.2, -0.15) is 0 Å². The van der Waals surface area contributed by atoms with Gasteiger partial charge in [0, 0.05) is 17.9 Å². The minimum Gasteiger partial charge on any atom is -0.497 e. The molecular formula is C15H18O3. The lowest BCUT2D eigenvalue weighted by atomic mass is 9.80. The summed E-state index contributed by atoms with van der Waals surface area (Å²) in [5, 5.41) is 0. The van der Waals surface area contributed by atoms with Crippen LogP contribution in [0.25, 0.3) is 0 Å². The molecule has 0 bridgehead atoms. The number of hydrogen-bond donors (Lipinski definition) is 0. The zero-order valence-electron chi connectivity index (χ0n) is 10.9. The number of rotatable bonds is 4. The summed E-state index contributed by atoms with van der Waals surface area (Å²) < 4.78 is 5.17. The molecule has 0 fully saturated rings. The lowest BCUT2D eigenvalue weighted by molar-refractivity contribution is -0.117. The van der Waals surface area contributed by atoms with Crippen molar-refractivity contribution in [2.24, 2.45) is 5.92 Å². The van der Waals surface area contributed by atoms with Gasteiger partial charge < -0.3 is 9.53 Å². The summed E-state index contributed by atoms with van der Waals surface area (Å²) in [5.41, 5.74) is 1.87. The number of hydrogen-bond acceptors (Lipinski definition) is 3. The van der Waals surface area contributed by atoms with Crippen LogP contribution in [0.3, 0.4) is 0 Å². The second-order valence-electron chi connectivity index (χ2n) is 4.86. The largest absolute Gasteiger partial charge is 0.497 e. The van der Waals surface area contributed by atoms with Gasteiger partial charge in [-0.25, -0.2) is 0 Å². The number of fused-ring (bicyclic) bond motifs is 1. The molecule has 0 amide bonds. The van der Waals surface area contributed by atoms with Crippen LogP contribution in [0.5, 0.6) is 5.75 Å². The molecule has 18 heavy (non-hydrogen) atoms. The molecule has 0 heterocycles. The van der Waals surface area contributed by atoms with Crippen LogP contribution in [0.2, 0.25) is 0 Å². The number of methoxy groups -OCH3 is 1. The van der Waals surface area contributed by atoms with Gasteiger partial charge in [0.1, 0.15) is 11.5 Å². The van der Waals surface area contributed by atoms with Crippen LogP contribution in [-0.4, -0.2) is 18.7 Å². The van der Waals surface area contributed by atoms with Crippen molar-refractivity contribution in [2.45, 2.75) is 32.6 Å². The summed E-state index contributed by atoms with van der Waals surface area (Å²) in [7, 11) is 1.63. The normalized spacial score (nSPS) is 18.3. The maximum absolute atomic E-state index is 12.3. The van der Waals surface area contributed by atoms with Gasteiger partial charge in [0.25, 0.3) is 0 Å². The molecule has 3 heteroatoms. The predicted octanol–water partition coefficient (Wildman–Crippen LogP) is 2.81. The summed E-state index contributed by atoms with van der Waals surface area (Å²) in [6.07, 6.45) is 2.91. The van der Waals surface area contributed by atoms with Crippen molar-refractivity contribution in [3.05, 3.63) is 29.3 Å². The van der Waals surface area contributed by atoms with Gasteiger partial charge in [-0.3, -0.25) is 4.79 Å². The molecule has 0 aromatic heterocycles. The van der Waals surface area contributed by atoms with E-state index < -0.39 is 0 Å². The molecule has 0 aliphatic heterocycles. The number of carbonyl (C=O) groups excluding carboxylic acids is 2. The molecule has 1 aliphatic rings. The molecule has 1 aliphatic carbocycles. The zero-order valence-corrected chi connectivity index (χ0v) is 10.9. The molecule has 1 aromatic rings. The predicted molar refractivity (Wildman–Crippen MR) is 69.1 cm³/mol. The van der Waals surface area contributed by atoms with Gasteiger partial charge in [0.2, 0.25) is 0 Å². The Morgan fingerprint density at radius 3 is 2.89 bits per heavy atom. The Hall–Kier alpha value is -1.64. The molecule has 0 saturated carbocycles. The van der Waals surface area contributed by atoms with Crippen LogP contribution in [0.1, 0.15) is 42.1 Å². The van der Waals surface area contributed by atoms with Crippen molar-refractivity contribution >= 4 is 11.6 Å². The maximum atomic E-state index is 12.3. The van der Waals surface area contributed by atoms with Gasteiger partial charge in [-0.15, -0.1) is 0 Å². The molecule has 1 atom stereocenters. The van der Waals surface area contributed by atoms with Gasteiger partial charge >= 0.3 is 0 Å². The molecule has 2 rings (SSSR count). The average molecular weight is 246 g/mol. The fourth-order valence-corrected chi connectivity index (χ4v) is 2.48. The second kappa shape index (κ2) is 5.34. The van der Waals surface area contributed by atoms with E-state index in [2.05, 4.69) is 0 Å². The lowest BCUT2D eigenvalue weighted by Gasteiger charge is -2.23. The van der Waals surface area contributed by atoms with E-state index >= 15 is 0 Å². The first kappa shape index (κ1) is 12.8. The quantitative estimate of drug-likeness (QED) is 0.820. The number of ketones is 2. The topological polar surface area (TPSA) is 43.4 Å². The summed E-state index contributed by atoms with van der Waals surface area (Å²) in [4.78, 5) is 23.3. The maximum Gasteiger partial charge on any atom is 0.166 e. The molecule has 0 unspecified atom stereocenters. The van der Waals surface area contributed by atoms with E-state index in [1.54, 1.807) is 14.0 Å². The third-order valence-corrected chi connectivity index (χ3v) is 3.56. The minimum atomic E-state index is 0.00907. The third kappa shape index (κ3) is 2.61. The molecule has 0 spiro atoms. The first-order valence-electron chi connectivity index (χ1n) is 6.32. The Morgan fingerprint density at radius 1 is 1.44 bits per heavy atom. The first-order valence-corrected chi connectivity index (χ1v) is 6.32. The van der Waals surface area contributed by atoms with Crippen molar-refractivity contribution in [3.8, 4) is 5.75 Å². The summed E-state index contributed by atoms with van der Waals surface area (Å²) in [6.45, 7) is 1.58. The second-order valence-corrected chi connectivity index (χ2v) is 4.86. The fourth-order valence-electron chi connectivity index (χ4n) is 2.48. The van der Waals surface area contributed by atoms with E-state index in [1.807, 2.05) is 18.2 Å². The first-order chi connectivity index (χ1) is 8.61. The van der Waals surface area contributed by atoms with Crippen molar-refractivity contribution in [1.29, 1.82) is 0 Å². The van der Waals surface area contributed by atoms with Crippen molar-refractivity contribution in [1.82, 2.24) is 0 Å². The Bertz CT molecular complexity index is 477. The van der Waals surface area contributed by atoms with Crippen molar-refractivity contribution in [3.63, 3.8) is 0 Å². The Balaban J connectivity index is 2.15. The van der Waals surface area contributed by atoms with Crippen LogP contribution < -0.4 is 4.74 Å². The number of aryl methyl sites for hydroxylation is 1. The molecule has 0 N–H and O–H groups in total. The number of carbonyl (C=O) groups is 2. The minimum absolute atomic E-state index is 0.00907. The van der Waals surface area contributed by atoms with Crippen LogP contribution in [0, 0.1) is 5.92 Å². The third-order valence-electron chi connectivity index (χ3n) is 3.56. The van der Waals surface area contributed by atoms with Crippen molar-refractivity contribution in [2.75, 3.05) is 7.11 Å². The molecule has 1 aromatic carbocycles. The smallest absolute Gasteiger partial charge is 0.166 e. The summed E-state index contributed by atoms with van der Waals surface area (Å²) >= 11 is 0. The van der Waals surface area contributed by atoms with E-state index in [0.29, 0.717) is 12.8 Å². The zero-order chi connectivity index (χ0) is 13.1. The average Bonchev–Trinajstić information content (AvgIpc) is 2.37. The van der Waals surface area contributed by atoms with Gasteiger partial charge in [-0.05, 0) is 49.9 Å². The summed E-state index contributed by atoms with van der Waals surface area (Å²) in [5.74, 6) is 1.14. The van der Waals surface area contributed by atoms with E-state index in [1.165, 1.54) is 0 Å². The number of benzene rings is 1. The van der Waals surface area contributed by atoms with Gasteiger partial charge in [0.15, 0.2) is 5.78 Å². The van der Waals surface area contributed by atoms with Gasteiger partial charge in [-0.1, -0.05) is 0 Å². The van der Waals surface area contributed by atoms with Crippen LogP contribution in [-0.2, 0) is 11.2 Å². The van der Waals surface area contributed by atoms with Crippen LogP contribution in [0.4, 0.5) is 0 Å². The highest BCUT2D eigenvalue weighted by atomic mass is 16.5. The van der Waals surface area contributed by atoms with Crippen molar-refractivity contribution < 1.29 is 14.3 Å². The van der Waals surface area contributed by atoms with Gasteiger partial charge in [0.05, 0.1) is 7.11 Å². The lowest BCUT2D eigenvalue weighted by Crippen LogP contribution is -2.23. The van der Waals surface area contributed by atoms with E-state index in [0.717, 1.165) is 29.7 Å².